The molecule has 0 saturated carbocycles. The van der Waals surface area contributed by atoms with Crippen LogP contribution in [0.25, 0.3) is 11.2 Å². The number of allylic oxidation sites excluding steroid dienone is 2. The summed E-state index contributed by atoms with van der Waals surface area (Å²) in [6.07, 6.45) is 8.37. The highest BCUT2D eigenvalue weighted by atomic mass is 32.3. The van der Waals surface area contributed by atoms with Crippen molar-refractivity contribution in [2.75, 3.05) is 0 Å². The van der Waals surface area contributed by atoms with Crippen LogP contribution in [0.3, 0.4) is 0 Å². The molecular weight excluding hydrogens is 1390 g/mol. The molecule has 550 valence electrons. The molecule has 10 rings (SSSR count). The van der Waals surface area contributed by atoms with Gasteiger partial charge in [0.1, 0.15) is 23.2 Å². The fourth-order valence-electron chi connectivity index (χ4n) is 9.66. The molecule has 6 aliphatic rings. The first-order valence-electron chi connectivity index (χ1n) is 31.2. The molecule has 0 bridgehead atoms. The molecule has 3 aromatic carbocycles. The molecule has 99 heavy (non-hydrogen) atoms. The average Bonchev–Trinajstić information content (AvgIpc) is 1.63. The number of Topliss-reactive ketones (excluding diaryl/α,β-unsaturated/α-hetero) is 1. The Morgan fingerprint density at radius 1 is 0.444 bits per heavy atom. The fourth-order valence-corrected chi connectivity index (χ4v) is 11.7. The number of hydrogen-bond donors (Lipinski definition) is 0. The van der Waals surface area contributed by atoms with E-state index < -0.39 is 79.6 Å². The van der Waals surface area contributed by atoms with Gasteiger partial charge in [-0.25, -0.2) is 13.2 Å². The molecule has 0 atom stereocenters. The highest BCUT2D eigenvalue weighted by molar-refractivity contribution is 8.00. The van der Waals surface area contributed by atoms with Crippen LogP contribution >= 0.6 is 0 Å². The molecule has 3 fully saturated rings. The number of fused-ring (bicyclic) bond motifs is 3. The summed E-state index contributed by atoms with van der Waals surface area (Å²) >= 11 is 0. The van der Waals surface area contributed by atoms with Crippen molar-refractivity contribution in [3.8, 4) is 0 Å². The normalized spacial score (nSPS) is 19.8. The lowest BCUT2D eigenvalue weighted by atomic mass is 9.49. The number of benzene rings is 3. The topological polar surface area (TPSA) is 206 Å². The van der Waals surface area contributed by atoms with Crippen molar-refractivity contribution < 1.29 is 118 Å². The molecule has 0 spiro atoms. The maximum atomic E-state index is 13.6. The fraction of sp³-hybridized carbons (Fsp3) is 0.569. The van der Waals surface area contributed by atoms with Crippen LogP contribution in [-0.2, 0) is 96.2 Å². The number of halogens is 12. The molecule has 0 radical (unpaired) electrons. The number of pyridine rings is 1. The van der Waals surface area contributed by atoms with E-state index in [9.17, 15) is 82.7 Å². The lowest BCUT2D eigenvalue weighted by Crippen LogP contribution is -2.41. The first-order chi connectivity index (χ1) is 44.5. The van der Waals surface area contributed by atoms with E-state index in [0.717, 1.165) is 54.4 Å². The molecule has 0 amide bonds. The molecule has 0 unspecified atom stereocenters. The summed E-state index contributed by atoms with van der Waals surface area (Å²) in [5.41, 5.74) is -11.1. The number of rotatable bonds is 6. The average molecular weight is 1480 g/mol. The SMILES string of the molecule is CC1(C)OB(B2OC(C)(C)C(C)(C)O2)OC1(C)C.CC1(C)OB(C2=CCCc3ccc(F)cc32)OC1(C)C.Cc1cc(C(C)(C)C)nc(C(C)(C)C)c1.O=C1CCCc2ccc(F)cc21.O=S(=O)(OC1=CCCc2ccc(F)cc21)C(F)(F)F.O=S(=O)(OS(=O)(=O)C(F)(F)F)C(F)(F)F. The number of alkyl halides is 9. The third kappa shape index (κ3) is 21.0. The lowest BCUT2D eigenvalue weighted by molar-refractivity contribution is -0.0586. The highest BCUT2D eigenvalue weighted by Gasteiger charge is 2.64. The van der Waals surface area contributed by atoms with Crippen LogP contribution < -0.4 is 0 Å². The van der Waals surface area contributed by atoms with Crippen molar-refractivity contribution in [1.29, 1.82) is 0 Å². The van der Waals surface area contributed by atoms with Gasteiger partial charge in [0.2, 0.25) is 0 Å². The number of hydrogen-bond acceptors (Lipinski definition) is 16. The lowest BCUT2D eigenvalue weighted by Gasteiger charge is -2.32. The van der Waals surface area contributed by atoms with Gasteiger partial charge in [-0.3, -0.25) is 9.78 Å². The van der Waals surface area contributed by atoms with Gasteiger partial charge in [-0.15, -0.1) is 3.63 Å². The molecular formula is C65H84B3F12NO15S3. The van der Waals surface area contributed by atoms with Crippen molar-refractivity contribution in [2.24, 2.45) is 0 Å². The summed E-state index contributed by atoms with van der Waals surface area (Å²) in [6, 6.07) is 17.3. The van der Waals surface area contributed by atoms with E-state index >= 15 is 0 Å². The largest absolute Gasteiger partial charge is 0.534 e. The Morgan fingerprint density at radius 3 is 1.15 bits per heavy atom. The summed E-state index contributed by atoms with van der Waals surface area (Å²) < 4.78 is 248. The Hall–Kier alpha value is -5.32. The number of nitrogens with zero attached hydrogens (tertiary/aromatic N) is 1. The van der Waals surface area contributed by atoms with Gasteiger partial charge in [-0.2, -0.15) is 64.8 Å². The Morgan fingerprint density at radius 2 is 0.778 bits per heavy atom. The zero-order valence-electron chi connectivity index (χ0n) is 58.5. The molecule has 16 nitrogen and oxygen atoms in total. The van der Waals surface area contributed by atoms with Gasteiger partial charge in [-0.05, 0) is 216 Å². The van der Waals surface area contributed by atoms with E-state index in [1.165, 1.54) is 52.9 Å². The minimum absolute atomic E-state index is 0.0269. The molecule has 4 heterocycles. The van der Waals surface area contributed by atoms with Crippen LogP contribution in [0.2, 0.25) is 0 Å². The first-order valence-corrected chi connectivity index (χ1v) is 35.4. The predicted octanol–water partition coefficient (Wildman–Crippen LogP) is 16.0. The van der Waals surface area contributed by atoms with E-state index in [1.807, 2.05) is 92.8 Å². The van der Waals surface area contributed by atoms with Gasteiger partial charge in [0.25, 0.3) is 0 Å². The van der Waals surface area contributed by atoms with Gasteiger partial charge in [0.05, 0.1) is 33.6 Å². The summed E-state index contributed by atoms with van der Waals surface area (Å²) in [6.45, 7) is 39.7. The van der Waals surface area contributed by atoms with Crippen molar-refractivity contribution in [2.45, 2.75) is 237 Å². The van der Waals surface area contributed by atoms with Crippen LogP contribution in [0.15, 0.2) is 78.9 Å². The van der Waals surface area contributed by atoms with Crippen molar-refractivity contribution >= 4 is 68.5 Å². The molecule has 3 aliphatic heterocycles. The van der Waals surface area contributed by atoms with E-state index in [0.29, 0.717) is 30.4 Å². The number of ketones is 1. The monoisotopic (exact) mass is 1480 g/mol. The summed E-state index contributed by atoms with van der Waals surface area (Å²) in [5.74, 6) is -1.62. The zero-order chi connectivity index (χ0) is 75.9. The number of aromatic nitrogens is 1. The van der Waals surface area contributed by atoms with E-state index in [4.69, 9.17) is 32.9 Å². The van der Waals surface area contributed by atoms with Gasteiger partial charge < -0.3 is 32.1 Å². The Kier molecular flexibility index (Phi) is 25.4. The first kappa shape index (κ1) is 84.3. The maximum absolute atomic E-state index is 13.6. The Balaban J connectivity index is 0.000000216. The van der Waals surface area contributed by atoms with E-state index in [1.54, 1.807) is 12.1 Å². The molecule has 4 aromatic rings. The second-order valence-electron chi connectivity index (χ2n) is 29.1. The Bertz CT molecular complexity index is 3860. The van der Waals surface area contributed by atoms with Gasteiger partial charge >= 0.3 is 68.0 Å². The van der Waals surface area contributed by atoms with Crippen LogP contribution in [-0.4, -0.2) is 107 Å². The number of carbonyl (C=O) groups excluding carboxylic acids is 1. The molecule has 1 aromatic heterocycles. The molecule has 34 heteroatoms. The smallest absolute Gasteiger partial charge is 0.405 e. The van der Waals surface area contributed by atoms with Crippen molar-refractivity contribution in [3.05, 3.63) is 147 Å². The van der Waals surface area contributed by atoms with Crippen LogP contribution in [0.5, 0.6) is 0 Å². The molecule has 3 aliphatic carbocycles. The third-order valence-corrected chi connectivity index (χ3v) is 21.0. The molecule has 3 saturated heterocycles. The quantitative estimate of drug-likeness (QED) is 0.0761. The second kappa shape index (κ2) is 29.8. The standard InChI is InChI=1S/C16H20BFO2.C14H23N.C12H24B2O4.C11H8F4O3S.C10H9FO.C2F6O5S2/c1-15(2)16(3,4)20-17(19-15)14-7-5-6-11-8-9-12(18)10-13(11)14;1-10-8-11(13(2,3)4)15-12(9-10)14(5,6)7;1-9(2)10(3,4)16-13(15-9)14-17-11(5,6)12(7,8)18-14;12-8-5-4-7-2-1-3-10(9(7)6-8)18-19(16,17)11(13,14)15;11-8-5-4-7-2-1-3-10(12)9(7)6-8;3-1(4,5)14(9,10)13-15(11,12)2(6,7)8/h7-10H,5-6H2,1-4H3;8-9H,1-7H3;1-8H3;3-6H,1-2H2;4-6H,1-3H2;. The Labute approximate surface area is 573 Å². The summed E-state index contributed by atoms with van der Waals surface area (Å²) in [4.78, 5) is 16.0. The van der Waals surface area contributed by atoms with Gasteiger partial charge in [-0.1, -0.05) is 65.8 Å². The number of carbonyl (C=O) groups is 1. The highest BCUT2D eigenvalue weighted by Crippen LogP contribution is 2.45. The van der Waals surface area contributed by atoms with Crippen molar-refractivity contribution in [3.63, 3.8) is 0 Å². The number of aryl methyl sites for hydroxylation is 4. The third-order valence-electron chi connectivity index (χ3n) is 17.5. The van der Waals surface area contributed by atoms with Crippen molar-refractivity contribution in [1.82, 2.24) is 4.98 Å². The van der Waals surface area contributed by atoms with Crippen LogP contribution in [0.4, 0.5) is 52.7 Å². The van der Waals surface area contributed by atoms with Gasteiger partial charge in [0, 0.05) is 39.8 Å². The minimum Gasteiger partial charge on any atom is -0.405 e. The summed E-state index contributed by atoms with van der Waals surface area (Å²) in [5, 5.41) is 0. The van der Waals surface area contributed by atoms with Crippen LogP contribution in [0, 0.1) is 24.4 Å². The second-order valence-corrected chi connectivity index (χ2v) is 33.9. The summed E-state index contributed by atoms with van der Waals surface area (Å²) in [7, 11) is -20.8. The molecule has 0 N–H and O–H groups in total. The van der Waals surface area contributed by atoms with E-state index in [-0.39, 0.29) is 67.4 Å². The van der Waals surface area contributed by atoms with E-state index in [2.05, 4.69) is 70.9 Å². The predicted molar refractivity (Wildman–Crippen MR) is 351 cm³/mol. The minimum atomic E-state index is -6.85. The van der Waals surface area contributed by atoms with Crippen LogP contribution in [0.1, 0.15) is 205 Å². The van der Waals surface area contributed by atoms with Gasteiger partial charge in [0.15, 0.2) is 5.78 Å². The zero-order valence-corrected chi connectivity index (χ0v) is 61.0. The maximum Gasteiger partial charge on any atom is 0.534 e.